The van der Waals surface area contributed by atoms with Gasteiger partial charge < -0.3 is 11.1 Å². The van der Waals surface area contributed by atoms with Gasteiger partial charge in [-0.1, -0.05) is 17.4 Å². The summed E-state index contributed by atoms with van der Waals surface area (Å²) in [7, 11) is 0. The van der Waals surface area contributed by atoms with Crippen molar-refractivity contribution in [3.8, 4) is 10.6 Å². The maximum atomic E-state index is 12.7. The molecule has 3 aromatic rings. The number of hydrogen-bond acceptors (Lipinski definition) is 6. The number of halogens is 3. The lowest BCUT2D eigenvalue weighted by atomic mass is 10.2. The lowest BCUT2D eigenvalue weighted by Crippen LogP contribution is -2.05. The van der Waals surface area contributed by atoms with Crippen LogP contribution >= 0.6 is 22.7 Å². The van der Waals surface area contributed by atoms with Crippen LogP contribution < -0.4 is 11.1 Å². The Morgan fingerprint density at radius 1 is 1.22 bits per heavy atom. The Hall–Kier alpha value is -2.13. The summed E-state index contributed by atoms with van der Waals surface area (Å²) < 4.78 is 38.2. The zero-order chi connectivity index (χ0) is 16.6. The van der Waals surface area contributed by atoms with Gasteiger partial charge in [-0.05, 0) is 25.1 Å². The van der Waals surface area contributed by atoms with E-state index in [0.717, 1.165) is 22.7 Å². The van der Waals surface area contributed by atoms with E-state index in [1.165, 1.54) is 28.7 Å². The minimum atomic E-state index is -4.37. The molecule has 1 aromatic carbocycles. The average Bonchev–Trinajstić information content (AvgIpc) is 3.04. The average molecular weight is 356 g/mol. The Kier molecular flexibility index (Phi) is 3.99. The molecule has 23 heavy (non-hydrogen) atoms. The van der Waals surface area contributed by atoms with Crippen molar-refractivity contribution in [1.82, 2.24) is 9.97 Å². The highest BCUT2D eigenvalue weighted by Crippen LogP contribution is 2.35. The molecule has 0 unspecified atom stereocenters. The summed E-state index contributed by atoms with van der Waals surface area (Å²) in [5.41, 5.74) is 6.78. The smallest absolute Gasteiger partial charge is 0.375 e. The summed E-state index contributed by atoms with van der Waals surface area (Å²) in [6.45, 7) is 1.83. The van der Waals surface area contributed by atoms with E-state index in [1.54, 1.807) is 6.07 Å². The Balaban J connectivity index is 1.84. The summed E-state index contributed by atoms with van der Waals surface area (Å²) >= 11 is 2.63. The molecule has 0 saturated carbocycles. The highest BCUT2D eigenvalue weighted by molar-refractivity contribution is 7.19. The van der Waals surface area contributed by atoms with Gasteiger partial charge >= 0.3 is 6.18 Å². The van der Waals surface area contributed by atoms with Crippen LogP contribution in [0.1, 0.15) is 11.3 Å². The van der Waals surface area contributed by atoms with Gasteiger partial charge in [0.1, 0.15) is 0 Å². The first-order valence-corrected chi connectivity index (χ1v) is 8.15. The van der Waals surface area contributed by atoms with Gasteiger partial charge in [-0.2, -0.15) is 13.2 Å². The third-order valence-corrected chi connectivity index (χ3v) is 4.76. The van der Waals surface area contributed by atoms with Crippen LogP contribution in [0, 0.1) is 6.92 Å². The van der Waals surface area contributed by atoms with Crippen LogP contribution in [0.3, 0.4) is 0 Å². The molecule has 0 bridgehead atoms. The number of aromatic nitrogens is 2. The molecule has 0 fully saturated rings. The zero-order valence-electron chi connectivity index (χ0n) is 11.8. The normalized spacial score (nSPS) is 11.7. The van der Waals surface area contributed by atoms with Crippen LogP contribution in [0.15, 0.2) is 29.6 Å². The lowest BCUT2D eigenvalue weighted by molar-refractivity contribution is -0.137. The topological polar surface area (TPSA) is 63.8 Å². The number of alkyl halides is 3. The highest BCUT2D eigenvalue weighted by Gasteiger charge is 2.30. The minimum absolute atomic E-state index is 0.335. The van der Waals surface area contributed by atoms with Crippen molar-refractivity contribution < 1.29 is 13.2 Å². The summed E-state index contributed by atoms with van der Waals surface area (Å²) in [5.74, 6) is 0. The van der Waals surface area contributed by atoms with Crippen molar-refractivity contribution in [3.63, 3.8) is 0 Å². The number of hydrogen-bond donors (Lipinski definition) is 2. The predicted molar refractivity (Wildman–Crippen MR) is 87.1 cm³/mol. The lowest BCUT2D eigenvalue weighted by Gasteiger charge is -2.08. The third-order valence-electron chi connectivity index (χ3n) is 2.99. The molecule has 0 radical (unpaired) electrons. The first-order valence-electron chi connectivity index (χ1n) is 6.46. The molecule has 2 aromatic heterocycles. The van der Waals surface area contributed by atoms with Crippen molar-refractivity contribution in [2.45, 2.75) is 13.1 Å². The number of benzene rings is 1. The van der Waals surface area contributed by atoms with E-state index in [9.17, 15) is 13.2 Å². The highest BCUT2D eigenvalue weighted by atomic mass is 32.1. The van der Waals surface area contributed by atoms with Gasteiger partial charge in [-0.15, -0.1) is 11.3 Å². The van der Waals surface area contributed by atoms with Gasteiger partial charge in [0.05, 0.1) is 21.8 Å². The molecule has 3 rings (SSSR count). The van der Waals surface area contributed by atoms with Gasteiger partial charge in [0, 0.05) is 11.1 Å². The van der Waals surface area contributed by atoms with Crippen molar-refractivity contribution in [1.29, 1.82) is 0 Å². The monoisotopic (exact) mass is 356 g/mol. The number of nitrogens with one attached hydrogen (secondary N) is 1. The van der Waals surface area contributed by atoms with Crippen LogP contribution in [0.5, 0.6) is 0 Å². The van der Waals surface area contributed by atoms with Crippen molar-refractivity contribution in [3.05, 3.63) is 40.9 Å². The molecule has 9 heteroatoms. The zero-order valence-corrected chi connectivity index (χ0v) is 13.4. The Labute approximate surface area is 137 Å². The number of nitrogens with zero attached hydrogens (tertiary/aromatic N) is 2. The van der Waals surface area contributed by atoms with Gasteiger partial charge in [-0.3, -0.25) is 0 Å². The van der Waals surface area contributed by atoms with E-state index in [1.807, 2.05) is 12.3 Å². The number of anilines is 3. The molecule has 3 N–H and O–H groups in total. The Morgan fingerprint density at radius 2 is 2.00 bits per heavy atom. The van der Waals surface area contributed by atoms with E-state index in [0.29, 0.717) is 21.6 Å². The SMILES string of the molecule is Cc1nc(N)sc1-c1csc(Nc2cccc(C(F)(F)F)c2)n1. The molecule has 0 aliphatic heterocycles. The van der Waals surface area contributed by atoms with Crippen molar-refractivity contribution in [2.75, 3.05) is 11.1 Å². The standard InChI is InChI=1S/C14H11F3N4S2/c1-7-11(23-12(18)19-7)10-6-22-13(21-10)20-9-4-2-3-8(5-9)14(15,16)17/h2-6H,1H3,(H2,18,19)(H,20,21). The Morgan fingerprint density at radius 3 is 2.65 bits per heavy atom. The molecular formula is C14H11F3N4S2. The fraction of sp³-hybridized carbons (Fsp3) is 0.143. The maximum absolute atomic E-state index is 12.7. The van der Waals surface area contributed by atoms with Crippen LogP contribution in [0.25, 0.3) is 10.6 Å². The van der Waals surface area contributed by atoms with E-state index in [4.69, 9.17) is 5.73 Å². The van der Waals surface area contributed by atoms with E-state index < -0.39 is 11.7 Å². The quantitative estimate of drug-likeness (QED) is 0.699. The third kappa shape index (κ3) is 3.45. The van der Waals surface area contributed by atoms with Gasteiger partial charge in [0.15, 0.2) is 10.3 Å². The van der Waals surface area contributed by atoms with Crippen LogP contribution in [-0.2, 0) is 6.18 Å². The molecule has 0 amide bonds. The number of aryl methyl sites for hydroxylation is 1. The molecule has 0 aliphatic carbocycles. The molecule has 120 valence electrons. The second-order valence-electron chi connectivity index (χ2n) is 4.71. The number of nitrogens with two attached hydrogens (primary N) is 1. The largest absolute Gasteiger partial charge is 0.416 e. The van der Waals surface area contributed by atoms with Gasteiger partial charge in [0.25, 0.3) is 0 Å². The number of thiazole rings is 2. The summed E-state index contributed by atoms with van der Waals surface area (Å²) in [4.78, 5) is 9.37. The van der Waals surface area contributed by atoms with Crippen LogP contribution in [0.4, 0.5) is 29.1 Å². The van der Waals surface area contributed by atoms with Gasteiger partial charge in [-0.25, -0.2) is 9.97 Å². The van der Waals surface area contributed by atoms with E-state index in [2.05, 4.69) is 15.3 Å². The van der Waals surface area contributed by atoms with Crippen LogP contribution in [0.2, 0.25) is 0 Å². The summed E-state index contributed by atoms with van der Waals surface area (Å²) in [6.07, 6.45) is -4.37. The van der Waals surface area contributed by atoms with Crippen molar-refractivity contribution in [2.24, 2.45) is 0 Å². The number of nitrogen functional groups attached to an aromatic ring is 1. The van der Waals surface area contributed by atoms with Crippen molar-refractivity contribution >= 4 is 38.6 Å². The molecular weight excluding hydrogens is 345 g/mol. The fourth-order valence-corrected chi connectivity index (χ4v) is 3.58. The molecule has 0 spiro atoms. The molecule has 4 nitrogen and oxygen atoms in total. The maximum Gasteiger partial charge on any atom is 0.416 e. The first-order chi connectivity index (χ1) is 10.8. The van der Waals surface area contributed by atoms with E-state index in [-0.39, 0.29) is 0 Å². The predicted octanol–water partition coefficient (Wildman–Crippen LogP) is 4.92. The number of rotatable bonds is 3. The molecule has 0 atom stereocenters. The van der Waals surface area contributed by atoms with Gasteiger partial charge in [0.2, 0.25) is 0 Å². The summed E-state index contributed by atoms with van der Waals surface area (Å²) in [6, 6.07) is 5.00. The Bertz CT molecular complexity index is 839. The van der Waals surface area contributed by atoms with Crippen LogP contribution in [-0.4, -0.2) is 9.97 Å². The summed E-state index contributed by atoms with van der Waals surface area (Å²) in [5, 5.41) is 5.67. The second kappa shape index (κ2) is 5.82. The fourth-order valence-electron chi connectivity index (χ4n) is 1.99. The first kappa shape index (κ1) is 15.8. The molecule has 0 aliphatic rings. The molecule has 0 saturated heterocycles. The minimum Gasteiger partial charge on any atom is -0.375 e. The second-order valence-corrected chi connectivity index (χ2v) is 6.60. The van der Waals surface area contributed by atoms with E-state index >= 15 is 0 Å². The molecule has 2 heterocycles.